The average Bonchev–Trinajstić information content (AvgIpc) is 2.37. The van der Waals surface area contributed by atoms with Gasteiger partial charge in [-0.15, -0.1) is 0 Å². The highest BCUT2D eigenvalue weighted by Crippen LogP contribution is 2.25. The highest BCUT2D eigenvalue weighted by atomic mass is 16.6. The van der Waals surface area contributed by atoms with E-state index in [1.54, 1.807) is 34.6 Å². The molecule has 5 heteroatoms. The maximum absolute atomic E-state index is 11.8. The lowest BCUT2D eigenvalue weighted by Gasteiger charge is -2.27. The van der Waals surface area contributed by atoms with E-state index in [0.717, 1.165) is 0 Å². The Morgan fingerprint density at radius 1 is 1.44 bits per heavy atom. The second-order valence-electron chi connectivity index (χ2n) is 6.12. The van der Waals surface area contributed by atoms with Crippen molar-refractivity contribution in [1.82, 2.24) is 5.32 Å². The van der Waals surface area contributed by atoms with Gasteiger partial charge in [-0.1, -0.05) is 6.92 Å². The molecule has 1 rings (SSSR count). The van der Waals surface area contributed by atoms with Crippen LogP contribution in [0.1, 0.15) is 47.5 Å². The van der Waals surface area contributed by atoms with Crippen LogP contribution in [0.25, 0.3) is 0 Å². The zero-order chi connectivity index (χ0) is 14.1. The van der Waals surface area contributed by atoms with E-state index >= 15 is 0 Å². The number of hydrogen-bond donors (Lipinski definition) is 1. The van der Waals surface area contributed by atoms with Gasteiger partial charge in [0.15, 0.2) is 5.78 Å². The minimum Gasteiger partial charge on any atom is -0.460 e. The van der Waals surface area contributed by atoms with E-state index in [1.807, 2.05) is 0 Å². The van der Waals surface area contributed by atoms with Crippen LogP contribution in [0.5, 0.6) is 0 Å². The van der Waals surface area contributed by atoms with E-state index in [2.05, 4.69) is 5.32 Å². The molecule has 1 fully saturated rings. The summed E-state index contributed by atoms with van der Waals surface area (Å²) in [7, 11) is 0. The van der Waals surface area contributed by atoms with Gasteiger partial charge in [-0.2, -0.15) is 0 Å². The number of ether oxygens (including phenoxy) is 1. The Labute approximate surface area is 107 Å². The summed E-state index contributed by atoms with van der Waals surface area (Å²) in [6.45, 7) is 8.74. The van der Waals surface area contributed by atoms with Crippen molar-refractivity contribution in [2.75, 3.05) is 0 Å². The summed E-state index contributed by atoms with van der Waals surface area (Å²) in [6, 6.07) is 0. The van der Waals surface area contributed by atoms with Crippen LogP contribution in [-0.2, 0) is 19.1 Å². The van der Waals surface area contributed by atoms with E-state index in [9.17, 15) is 14.4 Å². The summed E-state index contributed by atoms with van der Waals surface area (Å²) < 4.78 is 5.25. The molecule has 2 atom stereocenters. The van der Waals surface area contributed by atoms with Crippen molar-refractivity contribution in [3.63, 3.8) is 0 Å². The van der Waals surface area contributed by atoms with Crippen molar-refractivity contribution in [1.29, 1.82) is 0 Å². The molecule has 0 spiro atoms. The number of ketones is 1. The summed E-state index contributed by atoms with van der Waals surface area (Å²) in [5, 5.41) is 2.63. The molecule has 18 heavy (non-hydrogen) atoms. The van der Waals surface area contributed by atoms with Gasteiger partial charge in [0.2, 0.25) is 5.91 Å². The molecule has 0 aliphatic carbocycles. The summed E-state index contributed by atoms with van der Waals surface area (Å²) in [5.74, 6) is -1.23. The molecule has 1 saturated heterocycles. The lowest BCUT2D eigenvalue weighted by Crippen LogP contribution is -2.46. The summed E-state index contributed by atoms with van der Waals surface area (Å²) in [4.78, 5) is 34.7. The monoisotopic (exact) mass is 255 g/mol. The summed E-state index contributed by atoms with van der Waals surface area (Å²) in [5.41, 5.74) is -1.48. The van der Waals surface area contributed by atoms with E-state index < -0.39 is 17.1 Å². The van der Waals surface area contributed by atoms with Gasteiger partial charge >= 0.3 is 5.97 Å². The first-order valence-electron chi connectivity index (χ1n) is 6.11. The third-order valence-electron chi connectivity index (χ3n) is 2.88. The summed E-state index contributed by atoms with van der Waals surface area (Å²) >= 11 is 0. The Morgan fingerprint density at radius 2 is 2.00 bits per heavy atom. The van der Waals surface area contributed by atoms with E-state index in [0.29, 0.717) is 0 Å². The fraction of sp³-hybridized carbons (Fsp3) is 0.769. The molecule has 0 aromatic carbocycles. The van der Waals surface area contributed by atoms with Gasteiger partial charge < -0.3 is 10.1 Å². The molecule has 0 saturated carbocycles. The number of carbonyl (C=O) groups excluding carboxylic acids is 3. The van der Waals surface area contributed by atoms with Crippen molar-refractivity contribution in [3.8, 4) is 0 Å². The highest BCUT2D eigenvalue weighted by Gasteiger charge is 2.43. The van der Waals surface area contributed by atoms with Crippen LogP contribution in [0.2, 0.25) is 0 Å². The van der Waals surface area contributed by atoms with Gasteiger partial charge in [0, 0.05) is 0 Å². The number of esters is 1. The molecule has 1 amide bonds. The number of hydrogen-bond acceptors (Lipinski definition) is 4. The van der Waals surface area contributed by atoms with Gasteiger partial charge in [0.1, 0.15) is 5.60 Å². The quantitative estimate of drug-likeness (QED) is 0.607. The second kappa shape index (κ2) is 4.71. The van der Waals surface area contributed by atoms with Gasteiger partial charge in [-0.3, -0.25) is 14.4 Å². The van der Waals surface area contributed by atoms with Crippen LogP contribution in [0.3, 0.4) is 0 Å². The smallest absolute Gasteiger partial charge is 0.309 e. The van der Waals surface area contributed by atoms with Gasteiger partial charge in [-0.05, 0) is 34.1 Å². The first-order chi connectivity index (χ1) is 8.03. The van der Waals surface area contributed by atoms with Crippen LogP contribution < -0.4 is 5.32 Å². The third-order valence-corrected chi connectivity index (χ3v) is 2.88. The first kappa shape index (κ1) is 14.7. The Kier molecular flexibility index (Phi) is 3.84. The Morgan fingerprint density at radius 3 is 2.39 bits per heavy atom. The van der Waals surface area contributed by atoms with E-state index in [4.69, 9.17) is 4.74 Å². The molecule has 0 radical (unpaired) electrons. The SMILES string of the molecule is C[C@@H](C[C@@]1(C)NC(=O)CC1=O)C(=O)OC(C)(C)C. The maximum Gasteiger partial charge on any atom is 0.309 e. The molecule has 1 N–H and O–H groups in total. The number of Topliss-reactive ketones (excluding diaryl/α,β-unsaturated/α-hetero) is 1. The zero-order valence-corrected chi connectivity index (χ0v) is 11.6. The Hall–Kier alpha value is -1.39. The number of carbonyl (C=O) groups is 3. The van der Waals surface area contributed by atoms with Crippen LogP contribution in [0, 0.1) is 5.92 Å². The molecule has 0 aromatic rings. The number of amides is 1. The van der Waals surface area contributed by atoms with Crippen LogP contribution in [0.4, 0.5) is 0 Å². The molecular weight excluding hydrogens is 234 g/mol. The molecular formula is C13H21NO4. The van der Waals surface area contributed by atoms with Crippen LogP contribution in [0.15, 0.2) is 0 Å². The third kappa shape index (κ3) is 3.55. The fourth-order valence-corrected chi connectivity index (χ4v) is 2.03. The second-order valence-corrected chi connectivity index (χ2v) is 6.12. The van der Waals surface area contributed by atoms with Crippen LogP contribution >= 0.6 is 0 Å². The molecule has 0 aromatic heterocycles. The molecule has 1 aliphatic heterocycles. The van der Waals surface area contributed by atoms with Gasteiger partial charge in [-0.25, -0.2) is 0 Å². The molecule has 0 bridgehead atoms. The largest absolute Gasteiger partial charge is 0.460 e. The molecule has 0 unspecified atom stereocenters. The van der Waals surface area contributed by atoms with E-state index in [1.165, 1.54) is 0 Å². The Bertz CT molecular complexity index is 383. The minimum absolute atomic E-state index is 0.0997. The Balaban J connectivity index is 2.65. The van der Waals surface area contributed by atoms with Crippen LogP contribution in [-0.4, -0.2) is 28.8 Å². The van der Waals surface area contributed by atoms with Crippen molar-refractivity contribution >= 4 is 17.7 Å². The molecule has 1 heterocycles. The first-order valence-corrected chi connectivity index (χ1v) is 6.11. The predicted molar refractivity (Wildman–Crippen MR) is 65.8 cm³/mol. The predicted octanol–water partition coefficient (Wildman–Crippen LogP) is 1.20. The molecule has 102 valence electrons. The normalized spacial score (nSPS) is 25.8. The van der Waals surface area contributed by atoms with E-state index in [-0.39, 0.29) is 30.5 Å². The lowest BCUT2D eigenvalue weighted by atomic mass is 9.87. The lowest BCUT2D eigenvalue weighted by molar-refractivity contribution is -0.160. The maximum atomic E-state index is 11.8. The minimum atomic E-state index is -0.937. The van der Waals surface area contributed by atoms with Crippen molar-refractivity contribution in [2.45, 2.75) is 58.6 Å². The van der Waals surface area contributed by atoms with Crippen molar-refractivity contribution in [3.05, 3.63) is 0 Å². The van der Waals surface area contributed by atoms with Crippen molar-refractivity contribution in [2.24, 2.45) is 5.92 Å². The van der Waals surface area contributed by atoms with Gasteiger partial charge in [0.25, 0.3) is 0 Å². The topological polar surface area (TPSA) is 72.5 Å². The standard InChI is InChI=1S/C13H21NO4/c1-8(11(17)18-12(2,3)4)7-13(5)9(15)6-10(16)14-13/h8H,6-7H2,1-5H3,(H,14,16)/t8-,13+/m0/s1. The van der Waals surface area contributed by atoms with Crippen molar-refractivity contribution < 1.29 is 19.1 Å². The van der Waals surface area contributed by atoms with Gasteiger partial charge in [0.05, 0.1) is 17.9 Å². The number of rotatable bonds is 3. The average molecular weight is 255 g/mol. The zero-order valence-electron chi connectivity index (χ0n) is 11.6. The highest BCUT2D eigenvalue weighted by molar-refractivity contribution is 6.10. The number of nitrogens with one attached hydrogen (secondary N) is 1. The summed E-state index contributed by atoms with van der Waals surface area (Å²) in [6.07, 6.45) is 0.171. The molecule has 1 aliphatic rings. The molecule has 5 nitrogen and oxygen atoms in total. The fourth-order valence-electron chi connectivity index (χ4n) is 2.03.